The number of carbonyl (C=O) groups excluding carboxylic acids is 2. The summed E-state index contributed by atoms with van der Waals surface area (Å²) in [5.74, 6) is -1.37. The minimum Gasteiger partial charge on any atom is -0.483 e. The Hall–Kier alpha value is -2.78. The Kier molecular flexibility index (Phi) is 5.22. The van der Waals surface area contributed by atoms with E-state index >= 15 is 0 Å². The minimum absolute atomic E-state index is 0.0952. The number of hydrogen-bond donors (Lipinski definition) is 2. The van der Waals surface area contributed by atoms with Crippen molar-refractivity contribution in [1.82, 2.24) is 0 Å². The Morgan fingerprint density at radius 3 is 2.71 bits per heavy atom. The third-order valence-corrected chi connectivity index (χ3v) is 5.61. The van der Waals surface area contributed by atoms with Crippen LogP contribution in [0.15, 0.2) is 35.2 Å². The van der Waals surface area contributed by atoms with Crippen molar-refractivity contribution in [2.45, 2.75) is 31.1 Å². The van der Waals surface area contributed by atoms with Crippen LogP contribution in [-0.2, 0) is 14.8 Å². The van der Waals surface area contributed by atoms with Crippen molar-refractivity contribution in [2.75, 3.05) is 11.9 Å². The van der Waals surface area contributed by atoms with Crippen molar-refractivity contribution in [3.05, 3.63) is 52.8 Å². The van der Waals surface area contributed by atoms with Gasteiger partial charge in [-0.15, -0.1) is 0 Å². The smallest absolute Gasteiger partial charge is 0.262 e. The Morgan fingerprint density at radius 1 is 1.32 bits per heavy atom. The van der Waals surface area contributed by atoms with Gasteiger partial charge in [0.05, 0.1) is 10.5 Å². The number of halogens is 1. The number of rotatable bonds is 5. The van der Waals surface area contributed by atoms with Crippen LogP contribution < -0.4 is 15.2 Å². The molecule has 1 aliphatic carbocycles. The number of Topliss-reactive ketones (excluding diaryl/α,β-unsaturated/α-hetero) is 1. The topological polar surface area (TPSA) is 116 Å². The van der Waals surface area contributed by atoms with Gasteiger partial charge in [-0.1, -0.05) is 13.0 Å². The number of nitrogens with two attached hydrogens (primary N) is 1. The number of primary sulfonamides is 1. The first kappa shape index (κ1) is 20.0. The van der Waals surface area contributed by atoms with E-state index in [2.05, 4.69) is 5.32 Å². The zero-order chi connectivity index (χ0) is 20.6. The number of hydrogen-bond acceptors (Lipinski definition) is 5. The lowest BCUT2D eigenvalue weighted by atomic mass is 10.0. The second-order valence-electron chi connectivity index (χ2n) is 6.72. The highest BCUT2D eigenvalue weighted by Crippen LogP contribution is 2.39. The Balaban J connectivity index is 1.74. The number of amides is 1. The van der Waals surface area contributed by atoms with Crippen LogP contribution in [0, 0.1) is 12.7 Å². The highest BCUT2D eigenvalue weighted by atomic mass is 32.2. The molecule has 148 valence electrons. The van der Waals surface area contributed by atoms with Crippen molar-refractivity contribution in [3.8, 4) is 5.75 Å². The monoisotopic (exact) mass is 406 g/mol. The first-order valence-corrected chi connectivity index (χ1v) is 10.0. The van der Waals surface area contributed by atoms with E-state index in [1.54, 1.807) is 13.8 Å². The Labute approximate surface area is 161 Å². The lowest BCUT2D eigenvalue weighted by Gasteiger charge is -2.12. The fourth-order valence-electron chi connectivity index (χ4n) is 3.27. The van der Waals surface area contributed by atoms with Gasteiger partial charge in [-0.25, -0.2) is 17.9 Å². The molecule has 0 radical (unpaired) electrons. The van der Waals surface area contributed by atoms with E-state index < -0.39 is 28.4 Å². The summed E-state index contributed by atoms with van der Waals surface area (Å²) in [6.07, 6.45) is 0.193. The molecule has 2 aromatic carbocycles. The third-order valence-electron chi connectivity index (χ3n) is 4.55. The van der Waals surface area contributed by atoms with Gasteiger partial charge in [0.2, 0.25) is 10.0 Å². The summed E-state index contributed by atoms with van der Waals surface area (Å²) in [5.41, 5.74) is 1.16. The summed E-state index contributed by atoms with van der Waals surface area (Å²) in [7, 11) is -3.92. The van der Waals surface area contributed by atoms with E-state index in [0.717, 1.165) is 0 Å². The van der Waals surface area contributed by atoms with Gasteiger partial charge in [0, 0.05) is 17.7 Å². The SMILES string of the molecule is Cc1ccc(NC(=O)COc2ccc(F)c3c2C(=O)C[C@H]3C)cc1S(N)(=O)=O. The molecule has 1 amide bonds. The molecule has 0 spiro atoms. The maximum atomic E-state index is 14.0. The molecular formula is C19H19FN2O5S. The number of nitrogens with one attached hydrogen (secondary N) is 1. The van der Waals surface area contributed by atoms with Crippen molar-refractivity contribution in [3.63, 3.8) is 0 Å². The van der Waals surface area contributed by atoms with E-state index in [1.165, 1.54) is 30.3 Å². The molecule has 28 heavy (non-hydrogen) atoms. The molecule has 0 bridgehead atoms. The number of ether oxygens (including phenoxy) is 1. The van der Waals surface area contributed by atoms with Crippen molar-refractivity contribution in [2.24, 2.45) is 5.14 Å². The van der Waals surface area contributed by atoms with E-state index in [4.69, 9.17) is 9.88 Å². The van der Waals surface area contributed by atoms with E-state index in [-0.39, 0.29) is 40.0 Å². The van der Waals surface area contributed by atoms with Crippen molar-refractivity contribution in [1.29, 1.82) is 0 Å². The zero-order valence-electron chi connectivity index (χ0n) is 15.3. The predicted octanol–water partition coefficient (Wildman–Crippen LogP) is 2.49. The molecule has 2 aromatic rings. The van der Waals surface area contributed by atoms with Gasteiger partial charge in [0.25, 0.3) is 5.91 Å². The quantitative estimate of drug-likeness (QED) is 0.791. The van der Waals surface area contributed by atoms with Gasteiger partial charge < -0.3 is 10.1 Å². The standard InChI is InChI=1S/C19H19FN2O5S/c1-10-3-4-12(8-16(10)28(21,25)26)22-17(24)9-27-15-6-5-13(20)18-11(2)7-14(23)19(15)18/h3-6,8,11H,7,9H2,1-2H3,(H,22,24)(H2,21,25,26)/t11-/m1/s1. The Morgan fingerprint density at radius 2 is 2.04 bits per heavy atom. The summed E-state index contributed by atoms with van der Waals surface area (Å²) < 4.78 is 42.6. The molecule has 0 aromatic heterocycles. The first-order chi connectivity index (χ1) is 13.1. The number of fused-ring (bicyclic) bond motifs is 1. The highest BCUT2D eigenvalue weighted by Gasteiger charge is 2.32. The summed E-state index contributed by atoms with van der Waals surface area (Å²) in [6, 6.07) is 6.83. The van der Waals surface area contributed by atoms with Crippen LogP contribution in [0.5, 0.6) is 5.75 Å². The molecule has 0 heterocycles. The summed E-state index contributed by atoms with van der Waals surface area (Å²) in [5, 5.41) is 7.66. The fraction of sp³-hybridized carbons (Fsp3) is 0.263. The largest absolute Gasteiger partial charge is 0.483 e. The normalized spacial score (nSPS) is 16.0. The van der Waals surface area contributed by atoms with Crippen LogP contribution in [0.3, 0.4) is 0 Å². The molecule has 3 rings (SSSR count). The average molecular weight is 406 g/mol. The number of aryl methyl sites for hydroxylation is 1. The molecule has 9 heteroatoms. The van der Waals surface area contributed by atoms with Gasteiger partial charge in [-0.3, -0.25) is 9.59 Å². The molecule has 0 saturated carbocycles. The molecule has 0 aliphatic heterocycles. The first-order valence-electron chi connectivity index (χ1n) is 8.49. The van der Waals surface area contributed by atoms with Gasteiger partial charge >= 0.3 is 0 Å². The maximum Gasteiger partial charge on any atom is 0.262 e. The second kappa shape index (κ2) is 7.33. The highest BCUT2D eigenvalue weighted by molar-refractivity contribution is 7.89. The zero-order valence-corrected chi connectivity index (χ0v) is 16.1. The van der Waals surface area contributed by atoms with Crippen LogP contribution in [0.25, 0.3) is 0 Å². The number of benzene rings is 2. The van der Waals surface area contributed by atoms with E-state index in [0.29, 0.717) is 11.1 Å². The van der Waals surface area contributed by atoms with Gasteiger partial charge in [-0.05, 0) is 42.7 Å². The van der Waals surface area contributed by atoms with Crippen LogP contribution in [0.2, 0.25) is 0 Å². The van der Waals surface area contributed by atoms with E-state index in [9.17, 15) is 22.4 Å². The molecule has 1 aliphatic rings. The lowest BCUT2D eigenvalue weighted by molar-refractivity contribution is -0.118. The van der Waals surface area contributed by atoms with Gasteiger partial charge in [-0.2, -0.15) is 0 Å². The summed E-state index contributed by atoms with van der Waals surface area (Å²) in [4.78, 5) is 24.2. The van der Waals surface area contributed by atoms with Crippen LogP contribution in [0.4, 0.5) is 10.1 Å². The Bertz CT molecular complexity index is 1080. The van der Waals surface area contributed by atoms with Gasteiger partial charge in [0.1, 0.15) is 11.6 Å². The van der Waals surface area contributed by atoms with Crippen LogP contribution in [-0.4, -0.2) is 26.7 Å². The number of anilines is 1. The number of sulfonamides is 1. The predicted molar refractivity (Wildman–Crippen MR) is 100 cm³/mol. The lowest BCUT2D eigenvalue weighted by Crippen LogP contribution is -2.21. The maximum absolute atomic E-state index is 14.0. The average Bonchev–Trinajstić information content (AvgIpc) is 2.91. The van der Waals surface area contributed by atoms with Crippen molar-refractivity contribution < 1.29 is 27.1 Å². The molecule has 0 fully saturated rings. The summed E-state index contributed by atoms with van der Waals surface area (Å²) in [6.45, 7) is 2.91. The molecular weight excluding hydrogens is 387 g/mol. The summed E-state index contributed by atoms with van der Waals surface area (Å²) >= 11 is 0. The van der Waals surface area contributed by atoms with E-state index in [1.807, 2.05) is 0 Å². The molecule has 0 saturated heterocycles. The molecule has 3 N–H and O–H groups in total. The van der Waals surface area contributed by atoms with Gasteiger partial charge in [0.15, 0.2) is 12.4 Å². The molecule has 7 nitrogen and oxygen atoms in total. The third kappa shape index (κ3) is 3.90. The van der Waals surface area contributed by atoms with Crippen molar-refractivity contribution >= 4 is 27.4 Å². The second-order valence-corrected chi connectivity index (χ2v) is 8.25. The number of carbonyl (C=O) groups is 2. The minimum atomic E-state index is -3.92. The molecule has 1 atom stereocenters. The molecule has 0 unspecified atom stereocenters. The van der Waals surface area contributed by atoms with Crippen LogP contribution in [0.1, 0.15) is 40.7 Å². The number of ketones is 1. The van der Waals surface area contributed by atoms with Crippen LogP contribution >= 0.6 is 0 Å². The fourth-order valence-corrected chi connectivity index (χ4v) is 4.08.